The van der Waals surface area contributed by atoms with E-state index in [4.69, 9.17) is 4.74 Å². The van der Waals surface area contributed by atoms with Crippen LogP contribution in [-0.2, 0) is 11.3 Å². The van der Waals surface area contributed by atoms with Crippen LogP contribution in [0.25, 0.3) is 0 Å². The van der Waals surface area contributed by atoms with Gasteiger partial charge in [0.2, 0.25) is 0 Å². The Balaban J connectivity index is 2.28. The summed E-state index contributed by atoms with van der Waals surface area (Å²) in [7, 11) is 0. The van der Waals surface area contributed by atoms with E-state index in [2.05, 4.69) is 10.9 Å². The van der Waals surface area contributed by atoms with Gasteiger partial charge in [0.1, 0.15) is 11.4 Å². The Morgan fingerprint density at radius 2 is 1.88 bits per heavy atom. The number of carbonyl (C=O) groups is 1. The van der Waals surface area contributed by atoms with Crippen LogP contribution in [0.3, 0.4) is 0 Å². The highest BCUT2D eigenvalue weighted by Gasteiger charge is 2.15. The summed E-state index contributed by atoms with van der Waals surface area (Å²) in [5.74, 6) is -0.283. The fraction of sp³-hybridized carbons (Fsp3) is 0.417. The lowest BCUT2D eigenvalue weighted by atomic mass is 10.2. The molecule has 0 aromatic heterocycles. The zero-order valence-electron chi connectivity index (χ0n) is 10.2. The SMILES string of the molecule is CC(C)(C)OC(=O)NNCc1ccc(F)cc1. The molecule has 0 saturated heterocycles. The zero-order chi connectivity index (χ0) is 12.9. The standard InChI is InChI=1S/C12H17FN2O2/c1-12(2,3)17-11(16)15-14-8-9-4-6-10(13)7-5-9/h4-7,14H,8H2,1-3H3,(H,15,16). The van der Waals surface area contributed by atoms with E-state index in [1.807, 2.05) is 0 Å². The highest BCUT2D eigenvalue weighted by atomic mass is 19.1. The molecule has 4 nitrogen and oxygen atoms in total. The molecule has 1 amide bonds. The van der Waals surface area contributed by atoms with Gasteiger partial charge in [-0.3, -0.25) is 5.43 Å². The highest BCUT2D eigenvalue weighted by molar-refractivity contribution is 5.66. The van der Waals surface area contributed by atoms with Crippen LogP contribution in [0.15, 0.2) is 24.3 Å². The fourth-order valence-electron chi connectivity index (χ4n) is 1.12. The first-order chi connectivity index (χ1) is 7.87. The number of hydrogen-bond donors (Lipinski definition) is 2. The first-order valence-corrected chi connectivity index (χ1v) is 5.33. The van der Waals surface area contributed by atoms with Gasteiger partial charge in [-0.2, -0.15) is 0 Å². The Hall–Kier alpha value is -1.62. The number of halogens is 1. The monoisotopic (exact) mass is 240 g/mol. The van der Waals surface area contributed by atoms with Gasteiger partial charge in [0.05, 0.1) is 0 Å². The zero-order valence-corrected chi connectivity index (χ0v) is 10.2. The molecule has 0 aliphatic rings. The summed E-state index contributed by atoms with van der Waals surface area (Å²) in [5.41, 5.74) is 5.43. The smallest absolute Gasteiger partial charge is 0.422 e. The van der Waals surface area contributed by atoms with Gasteiger partial charge in [-0.25, -0.2) is 14.6 Å². The Morgan fingerprint density at radius 1 is 1.29 bits per heavy atom. The van der Waals surface area contributed by atoms with Gasteiger partial charge < -0.3 is 4.74 Å². The maximum atomic E-state index is 12.6. The van der Waals surface area contributed by atoms with E-state index >= 15 is 0 Å². The third kappa shape index (κ3) is 5.87. The van der Waals surface area contributed by atoms with Crippen molar-refractivity contribution in [3.63, 3.8) is 0 Å². The Bertz CT molecular complexity index is 371. The topological polar surface area (TPSA) is 50.4 Å². The van der Waals surface area contributed by atoms with Crippen molar-refractivity contribution in [2.24, 2.45) is 0 Å². The van der Waals surface area contributed by atoms with Crippen molar-refractivity contribution in [3.8, 4) is 0 Å². The van der Waals surface area contributed by atoms with Crippen molar-refractivity contribution in [3.05, 3.63) is 35.6 Å². The minimum Gasteiger partial charge on any atom is -0.443 e. The minimum atomic E-state index is -0.542. The van der Waals surface area contributed by atoms with Gasteiger partial charge in [0.25, 0.3) is 0 Å². The molecule has 5 heteroatoms. The number of hydrogen-bond acceptors (Lipinski definition) is 3. The molecule has 2 N–H and O–H groups in total. The van der Waals surface area contributed by atoms with Crippen LogP contribution in [0, 0.1) is 5.82 Å². The maximum Gasteiger partial charge on any atom is 0.422 e. The lowest BCUT2D eigenvalue weighted by Gasteiger charge is -2.19. The number of carbonyl (C=O) groups excluding carboxylic acids is 1. The van der Waals surface area contributed by atoms with Crippen LogP contribution in [0.2, 0.25) is 0 Å². The number of benzene rings is 1. The summed E-state index contributed by atoms with van der Waals surface area (Å²) in [4.78, 5) is 11.2. The summed E-state index contributed by atoms with van der Waals surface area (Å²) in [6.07, 6.45) is -0.542. The third-order valence-electron chi connectivity index (χ3n) is 1.80. The van der Waals surface area contributed by atoms with Gasteiger partial charge >= 0.3 is 6.09 Å². The number of amides is 1. The molecular weight excluding hydrogens is 223 g/mol. The predicted octanol–water partition coefficient (Wildman–Crippen LogP) is 2.36. The van der Waals surface area contributed by atoms with Gasteiger partial charge in [-0.05, 0) is 38.5 Å². The molecule has 0 bridgehead atoms. The molecule has 0 spiro atoms. The van der Waals surface area contributed by atoms with Crippen molar-refractivity contribution in [2.45, 2.75) is 32.9 Å². The van der Waals surface area contributed by atoms with Gasteiger partial charge in [0, 0.05) is 6.54 Å². The molecule has 0 aliphatic heterocycles. The molecule has 17 heavy (non-hydrogen) atoms. The Morgan fingerprint density at radius 3 is 2.41 bits per heavy atom. The van der Waals surface area contributed by atoms with E-state index in [1.165, 1.54) is 12.1 Å². The van der Waals surface area contributed by atoms with E-state index in [0.717, 1.165) is 5.56 Å². The summed E-state index contributed by atoms with van der Waals surface area (Å²) in [6, 6.07) is 6.01. The molecule has 1 aromatic rings. The van der Waals surface area contributed by atoms with Gasteiger partial charge in [0.15, 0.2) is 0 Å². The Kier molecular flexibility index (Phi) is 4.45. The number of ether oxygens (including phenoxy) is 1. The molecule has 0 unspecified atom stereocenters. The van der Waals surface area contributed by atoms with E-state index in [1.54, 1.807) is 32.9 Å². The number of rotatable bonds is 3. The second-order valence-electron chi connectivity index (χ2n) is 4.61. The quantitative estimate of drug-likeness (QED) is 0.797. The number of nitrogens with one attached hydrogen (secondary N) is 2. The summed E-state index contributed by atoms with van der Waals surface area (Å²) in [5, 5.41) is 0. The summed E-state index contributed by atoms with van der Waals surface area (Å²) in [6.45, 7) is 5.76. The molecule has 1 aromatic carbocycles. The van der Waals surface area contributed by atoms with Crippen molar-refractivity contribution in [1.82, 2.24) is 10.9 Å². The molecule has 0 atom stereocenters. The van der Waals surface area contributed by atoms with Crippen molar-refractivity contribution < 1.29 is 13.9 Å². The van der Waals surface area contributed by atoms with E-state index < -0.39 is 11.7 Å². The molecule has 0 aliphatic carbocycles. The van der Waals surface area contributed by atoms with Gasteiger partial charge in [-0.15, -0.1) is 0 Å². The van der Waals surface area contributed by atoms with E-state index in [0.29, 0.717) is 6.54 Å². The normalized spacial score (nSPS) is 11.1. The van der Waals surface area contributed by atoms with Crippen LogP contribution < -0.4 is 10.9 Å². The van der Waals surface area contributed by atoms with Crippen LogP contribution in [0.4, 0.5) is 9.18 Å². The molecule has 94 valence electrons. The molecule has 0 fully saturated rings. The van der Waals surface area contributed by atoms with Crippen LogP contribution in [-0.4, -0.2) is 11.7 Å². The summed E-state index contributed by atoms with van der Waals surface area (Å²) < 4.78 is 17.6. The number of hydrazine groups is 1. The van der Waals surface area contributed by atoms with Crippen molar-refractivity contribution in [2.75, 3.05) is 0 Å². The van der Waals surface area contributed by atoms with Crippen LogP contribution in [0.5, 0.6) is 0 Å². The summed E-state index contributed by atoms with van der Waals surface area (Å²) >= 11 is 0. The van der Waals surface area contributed by atoms with Crippen molar-refractivity contribution >= 4 is 6.09 Å². The second kappa shape index (κ2) is 5.63. The molecular formula is C12H17FN2O2. The van der Waals surface area contributed by atoms with Crippen LogP contribution >= 0.6 is 0 Å². The fourth-order valence-corrected chi connectivity index (χ4v) is 1.12. The van der Waals surface area contributed by atoms with Crippen molar-refractivity contribution in [1.29, 1.82) is 0 Å². The second-order valence-corrected chi connectivity index (χ2v) is 4.61. The lowest BCUT2D eigenvalue weighted by molar-refractivity contribution is 0.0497. The highest BCUT2D eigenvalue weighted by Crippen LogP contribution is 2.06. The molecule has 1 rings (SSSR count). The maximum absolute atomic E-state index is 12.6. The predicted molar refractivity (Wildman–Crippen MR) is 62.6 cm³/mol. The molecule has 0 saturated carbocycles. The van der Waals surface area contributed by atoms with E-state index in [9.17, 15) is 9.18 Å². The molecule has 0 radical (unpaired) electrons. The third-order valence-corrected chi connectivity index (χ3v) is 1.80. The van der Waals surface area contributed by atoms with Crippen LogP contribution in [0.1, 0.15) is 26.3 Å². The first kappa shape index (κ1) is 13.4. The largest absolute Gasteiger partial charge is 0.443 e. The lowest BCUT2D eigenvalue weighted by Crippen LogP contribution is -2.40. The first-order valence-electron chi connectivity index (χ1n) is 5.33. The average molecular weight is 240 g/mol. The van der Waals surface area contributed by atoms with E-state index in [-0.39, 0.29) is 5.82 Å². The average Bonchev–Trinajstić information content (AvgIpc) is 2.18. The molecule has 0 heterocycles. The van der Waals surface area contributed by atoms with Gasteiger partial charge in [-0.1, -0.05) is 12.1 Å². The minimum absolute atomic E-state index is 0.283. The Labute approximate surface area is 100 Å².